The van der Waals surface area contributed by atoms with E-state index < -0.39 is 0 Å². The number of nitrogens with two attached hydrogens (primary N) is 1. The smallest absolute Gasteiger partial charge is 0.237 e. The van der Waals surface area contributed by atoms with Gasteiger partial charge < -0.3 is 10.3 Å². The van der Waals surface area contributed by atoms with E-state index in [4.69, 9.17) is 10.3 Å². The number of aromatic nitrogens is 2. The van der Waals surface area contributed by atoms with Gasteiger partial charge in [-0.15, -0.1) is 24.2 Å². The molecule has 0 atom stereocenters. The van der Waals surface area contributed by atoms with E-state index in [0.29, 0.717) is 17.5 Å². The molecule has 1 aliphatic carbocycles. The number of hydrogen-bond donors (Lipinski definition) is 1. The van der Waals surface area contributed by atoms with E-state index >= 15 is 0 Å². The Balaban J connectivity index is 0.00000176. The number of benzene rings is 1. The Labute approximate surface area is 149 Å². The van der Waals surface area contributed by atoms with Crippen molar-refractivity contribution in [3.8, 4) is 0 Å². The Morgan fingerprint density at radius 3 is 2.77 bits per heavy atom. The van der Waals surface area contributed by atoms with Gasteiger partial charge in [-0.05, 0) is 43.5 Å². The zero-order valence-electron chi connectivity index (χ0n) is 12.3. The molecule has 1 saturated carbocycles. The van der Waals surface area contributed by atoms with Crippen LogP contribution in [0.1, 0.15) is 43.0 Å². The standard InChI is InChI=1S/C15H18BrN3OS.ClH/c1-10-8-11(16)4-5-12(10)21-9-13-18-14(19-20-13)15(17)6-2-3-7-15;/h4-5,8H,2-3,6-7,9,17H2,1H3;1H. The third kappa shape index (κ3) is 3.85. The lowest BCUT2D eigenvalue weighted by atomic mass is 9.99. The van der Waals surface area contributed by atoms with Gasteiger partial charge in [0, 0.05) is 9.37 Å². The highest BCUT2D eigenvalue weighted by Crippen LogP contribution is 2.35. The predicted octanol–water partition coefficient (Wildman–Crippen LogP) is 4.58. The minimum atomic E-state index is -0.375. The van der Waals surface area contributed by atoms with E-state index in [9.17, 15) is 0 Å². The van der Waals surface area contributed by atoms with Crippen molar-refractivity contribution in [1.82, 2.24) is 10.1 Å². The van der Waals surface area contributed by atoms with E-state index in [0.717, 1.165) is 30.2 Å². The van der Waals surface area contributed by atoms with Crippen LogP contribution in [0.2, 0.25) is 0 Å². The van der Waals surface area contributed by atoms with Gasteiger partial charge in [-0.25, -0.2) is 0 Å². The van der Waals surface area contributed by atoms with Gasteiger partial charge in [0.1, 0.15) is 0 Å². The number of nitrogens with zero attached hydrogens (tertiary/aromatic N) is 2. The molecule has 0 aliphatic heterocycles. The maximum Gasteiger partial charge on any atom is 0.237 e. The molecule has 1 fully saturated rings. The van der Waals surface area contributed by atoms with Crippen molar-refractivity contribution in [2.24, 2.45) is 5.73 Å². The topological polar surface area (TPSA) is 64.9 Å². The van der Waals surface area contributed by atoms with Crippen LogP contribution in [0.25, 0.3) is 0 Å². The summed E-state index contributed by atoms with van der Waals surface area (Å²) in [5.41, 5.74) is 7.21. The van der Waals surface area contributed by atoms with Gasteiger partial charge in [0.2, 0.25) is 5.89 Å². The molecule has 120 valence electrons. The molecular weight excluding hydrogens is 386 g/mol. The number of rotatable bonds is 4. The molecule has 0 saturated heterocycles. The van der Waals surface area contributed by atoms with Crippen LogP contribution in [0.15, 0.2) is 32.1 Å². The molecule has 2 aromatic rings. The first-order chi connectivity index (χ1) is 10.1. The molecule has 2 N–H and O–H groups in total. The Kier molecular flexibility index (Phi) is 5.94. The SMILES string of the molecule is Cc1cc(Br)ccc1SCc1nc(C2(N)CCCC2)no1.Cl. The lowest BCUT2D eigenvalue weighted by molar-refractivity contribution is 0.355. The summed E-state index contributed by atoms with van der Waals surface area (Å²) in [5.74, 6) is 1.99. The van der Waals surface area contributed by atoms with Gasteiger partial charge in [-0.3, -0.25) is 0 Å². The zero-order chi connectivity index (χ0) is 14.9. The molecule has 7 heteroatoms. The van der Waals surface area contributed by atoms with Crippen LogP contribution in [0.4, 0.5) is 0 Å². The lowest BCUT2D eigenvalue weighted by Crippen LogP contribution is -2.34. The fourth-order valence-electron chi connectivity index (χ4n) is 2.66. The third-order valence-electron chi connectivity index (χ3n) is 3.90. The van der Waals surface area contributed by atoms with Gasteiger partial charge >= 0.3 is 0 Å². The molecule has 3 rings (SSSR count). The van der Waals surface area contributed by atoms with Crippen molar-refractivity contribution in [2.45, 2.75) is 48.8 Å². The summed E-state index contributed by atoms with van der Waals surface area (Å²) < 4.78 is 6.45. The molecule has 1 aliphatic rings. The molecule has 1 aromatic carbocycles. The molecule has 0 radical (unpaired) electrons. The van der Waals surface area contributed by atoms with Crippen molar-refractivity contribution in [3.05, 3.63) is 40.0 Å². The van der Waals surface area contributed by atoms with Crippen LogP contribution in [-0.2, 0) is 11.3 Å². The predicted molar refractivity (Wildman–Crippen MR) is 94.3 cm³/mol. The molecule has 1 aromatic heterocycles. The maximum absolute atomic E-state index is 6.34. The van der Waals surface area contributed by atoms with Crippen molar-refractivity contribution in [1.29, 1.82) is 0 Å². The second-order valence-electron chi connectivity index (χ2n) is 5.57. The number of aryl methyl sites for hydroxylation is 1. The van der Waals surface area contributed by atoms with Gasteiger partial charge in [0.25, 0.3) is 0 Å². The van der Waals surface area contributed by atoms with Crippen LogP contribution in [0.5, 0.6) is 0 Å². The molecule has 0 spiro atoms. The molecule has 0 unspecified atom stereocenters. The summed E-state index contributed by atoms with van der Waals surface area (Å²) in [6.07, 6.45) is 4.19. The van der Waals surface area contributed by atoms with Gasteiger partial charge in [-0.1, -0.05) is 33.9 Å². The first-order valence-electron chi connectivity index (χ1n) is 7.08. The molecule has 22 heavy (non-hydrogen) atoms. The lowest BCUT2D eigenvalue weighted by Gasteiger charge is -2.17. The summed E-state index contributed by atoms with van der Waals surface area (Å²) in [6.45, 7) is 2.10. The highest BCUT2D eigenvalue weighted by atomic mass is 79.9. The summed E-state index contributed by atoms with van der Waals surface area (Å²) in [5, 5.41) is 4.09. The quantitative estimate of drug-likeness (QED) is 0.755. The number of thioether (sulfide) groups is 1. The molecule has 1 heterocycles. The largest absolute Gasteiger partial charge is 0.338 e. The Hall–Kier alpha value is -0.560. The maximum atomic E-state index is 6.34. The average Bonchev–Trinajstić information content (AvgIpc) is 3.08. The normalized spacial score (nSPS) is 16.5. The van der Waals surface area contributed by atoms with E-state index in [1.165, 1.54) is 10.5 Å². The van der Waals surface area contributed by atoms with Crippen molar-refractivity contribution in [2.75, 3.05) is 0 Å². The second-order valence-corrected chi connectivity index (χ2v) is 7.51. The van der Waals surface area contributed by atoms with Crippen molar-refractivity contribution >= 4 is 40.1 Å². The summed E-state index contributed by atoms with van der Waals surface area (Å²) >= 11 is 5.18. The van der Waals surface area contributed by atoms with Gasteiger partial charge in [0.05, 0.1) is 11.3 Å². The summed E-state index contributed by atoms with van der Waals surface area (Å²) in [7, 11) is 0. The minimum absolute atomic E-state index is 0. The third-order valence-corrected chi connectivity index (χ3v) is 5.55. The fourth-order valence-corrected chi connectivity index (χ4v) is 3.98. The van der Waals surface area contributed by atoms with E-state index in [1.54, 1.807) is 11.8 Å². The molecule has 4 nitrogen and oxygen atoms in total. The highest BCUT2D eigenvalue weighted by Gasteiger charge is 2.35. The fraction of sp³-hybridized carbons (Fsp3) is 0.467. The molecular formula is C15H19BrClN3OS. The zero-order valence-corrected chi connectivity index (χ0v) is 15.6. The van der Waals surface area contributed by atoms with E-state index in [1.807, 2.05) is 6.07 Å². The van der Waals surface area contributed by atoms with Crippen LogP contribution in [0.3, 0.4) is 0 Å². The monoisotopic (exact) mass is 403 g/mol. The summed E-state index contributed by atoms with van der Waals surface area (Å²) in [4.78, 5) is 5.72. The first kappa shape index (κ1) is 17.8. The van der Waals surface area contributed by atoms with E-state index in [-0.39, 0.29) is 17.9 Å². The molecule has 0 bridgehead atoms. The van der Waals surface area contributed by atoms with Crippen LogP contribution in [0, 0.1) is 6.92 Å². The molecule has 0 amide bonds. The average molecular weight is 405 g/mol. The van der Waals surface area contributed by atoms with Crippen LogP contribution < -0.4 is 5.73 Å². The van der Waals surface area contributed by atoms with E-state index in [2.05, 4.69) is 45.1 Å². The van der Waals surface area contributed by atoms with Crippen LogP contribution in [-0.4, -0.2) is 10.1 Å². The Bertz CT molecular complexity index is 643. The Morgan fingerprint density at radius 2 is 2.09 bits per heavy atom. The van der Waals surface area contributed by atoms with Gasteiger partial charge in [0.15, 0.2) is 5.82 Å². The van der Waals surface area contributed by atoms with Crippen molar-refractivity contribution < 1.29 is 4.52 Å². The minimum Gasteiger partial charge on any atom is -0.338 e. The second kappa shape index (κ2) is 7.34. The number of hydrogen-bond acceptors (Lipinski definition) is 5. The Morgan fingerprint density at radius 1 is 1.36 bits per heavy atom. The first-order valence-corrected chi connectivity index (χ1v) is 8.86. The highest BCUT2D eigenvalue weighted by molar-refractivity contribution is 9.10. The number of halogens is 2. The van der Waals surface area contributed by atoms with Crippen molar-refractivity contribution in [3.63, 3.8) is 0 Å². The van der Waals surface area contributed by atoms with Crippen LogP contribution >= 0.6 is 40.1 Å². The van der Waals surface area contributed by atoms with Gasteiger partial charge in [-0.2, -0.15) is 4.98 Å². The summed E-state index contributed by atoms with van der Waals surface area (Å²) in [6, 6.07) is 6.25.